The molecule has 1 N–H and O–H groups in total. The van der Waals surface area contributed by atoms with Crippen LogP contribution in [0.25, 0.3) is 10.9 Å². The largest absolute Gasteiger partial charge is 0.495 e. The van der Waals surface area contributed by atoms with E-state index in [1.165, 1.54) is 37.8 Å². The summed E-state index contributed by atoms with van der Waals surface area (Å²) in [5, 5.41) is 0.835. The number of rotatable bonds is 6. The molecular formula is C30H34N4O4S. The number of hydrogen-bond donors (Lipinski definition) is 1. The van der Waals surface area contributed by atoms with Gasteiger partial charge >= 0.3 is 0 Å². The van der Waals surface area contributed by atoms with Crippen molar-refractivity contribution in [1.29, 1.82) is 0 Å². The van der Waals surface area contributed by atoms with E-state index < -0.39 is 10.0 Å². The Bertz CT molecular complexity index is 1550. The number of hydrogen-bond acceptors (Lipinski definition) is 6. The molecule has 4 aromatic rings. The lowest BCUT2D eigenvalue weighted by Crippen LogP contribution is -2.31. The van der Waals surface area contributed by atoms with Crippen molar-refractivity contribution < 1.29 is 19.4 Å². The summed E-state index contributed by atoms with van der Waals surface area (Å²) in [6.45, 7) is 1.67. The van der Waals surface area contributed by atoms with Gasteiger partial charge in [0.2, 0.25) is 0 Å². The molecule has 39 heavy (non-hydrogen) atoms. The van der Waals surface area contributed by atoms with E-state index in [1.54, 1.807) is 48.5 Å². The fourth-order valence-electron chi connectivity index (χ4n) is 4.44. The van der Waals surface area contributed by atoms with Gasteiger partial charge in [-0.2, -0.15) is 0 Å². The number of sulfonamides is 1. The van der Waals surface area contributed by atoms with Crippen molar-refractivity contribution in [3.05, 3.63) is 90.6 Å². The summed E-state index contributed by atoms with van der Waals surface area (Å²) >= 11 is 0. The molecule has 1 aliphatic carbocycles. The average molecular weight is 547 g/mol. The molecule has 1 aliphatic heterocycles. The first-order chi connectivity index (χ1) is 19.0. The molecular weight excluding hydrogens is 512 g/mol. The SMILES string of the molecule is C1CCC1.COc1ccccc1N1CCN(C(=O)c2ccc(S(=O)(=O)Nc3cccc4cccnc34)cc2)C1.[HH]. The minimum Gasteiger partial charge on any atom is -0.495 e. The third-order valence-corrected chi connectivity index (χ3v) is 8.36. The van der Waals surface area contributed by atoms with Gasteiger partial charge in [0.05, 0.1) is 35.6 Å². The van der Waals surface area contributed by atoms with Gasteiger partial charge in [-0.1, -0.05) is 56.0 Å². The van der Waals surface area contributed by atoms with E-state index in [2.05, 4.69) is 14.6 Å². The molecule has 1 amide bonds. The third kappa shape index (κ3) is 5.98. The van der Waals surface area contributed by atoms with Gasteiger partial charge in [-0.05, 0) is 48.5 Å². The van der Waals surface area contributed by atoms with Crippen molar-refractivity contribution in [2.75, 3.05) is 36.5 Å². The molecule has 6 rings (SSSR count). The van der Waals surface area contributed by atoms with Crippen LogP contribution in [-0.2, 0) is 10.0 Å². The zero-order valence-electron chi connectivity index (χ0n) is 21.9. The highest BCUT2D eigenvalue weighted by Crippen LogP contribution is 2.30. The number of ether oxygens (including phenoxy) is 1. The van der Waals surface area contributed by atoms with Gasteiger partial charge in [0.15, 0.2) is 0 Å². The first kappa shape index (κ1) is 26.5. The molecule has 9 heteroatoms. The number of nitrogens with one attached hydrogen (secondary N) is 1. The first-order valence-corrected chi connectivity index (χ1v) is 14.6. The zero-order valence-corrected chi connectivity index (χ0v) is 22.7. The van der Waals surface area contributed by atoms with E-state index in [0.29, 0.717) is 36.5 Å². The monoisotopic (exact) mass is 546 g/mol. The molecule has 0 unspecified atom stereocenters. The summed E-state index contributed by atoms with van der Waals surface area (Å²) in [5.41, 5.74) is 2.33. The van der Waals surface area contributed by atoms with E-state index in [9.17, 15) is 13.2 Å². The summed E-state index contributed by atoms with van der Waals surface area (Å²) in [6, 6.07) is 22.7. The molecule has 0 spiro atoms. The molecule has 0 atom stereocenters. The normalized spacial score (nSPS) is 14.8. The summed E-state index contributed by atoms with van der Waals surface area (Å²) < 4.78 is 34.0. The molecule has 2 aliphatic rings. The Kier molecular flexibility index (Phi) is 7.97. The van der Waals surface area contributed by atoms with Crippen LogP contribution < -0.4 is 14.4 Å². The number of carbonyl (C=O) groups excluding carboxylic acids is 1. The zero-order chi connectivity index (χ0) is 27.2. The number of amides is 1. The lowest BCUT2D eigenvalue weighted by atomic mass is 10.0. The standard InChI is InChI=1S/C26H24N4O4S.C4H8.H2/c1-34-24-10-3-2-9-23(24)29-16-17-30(18-29)26(31)20-11-13-21(14-12-20)35(32,33)28-22-8-4-6-19-7-5-15-27-25(19)22;1-2-4-3-1;/h2-15,28H,16-18H2,1H3;1-4H2;1H. The van der Waals surface area contributed by atoms with Crippen LogP contribution in [0.4, 0.5) is 11.4 Å². The number of aromatic nitrogens is 1. The predicted molar refractivity (Wildman–Crippen MR) is 156 cm³/mol. The van der Waals surface area contributed by atoms with Gasteiger partial charge in [-0.3, -0.25) is 14.5 Å². The molecule has 1 saturated carbocycles. The Morgan fingerprint density at radius 3 is 2.33 bits per heavy atom. The second-order valence-corrected chi connectivity index (χ2v) is 11.3. The van der Waals surface area contributed by atoms with Crippen LogP contribution in [0, 0.1) is 0 Å². The lowest BCUT2D eigenvalue weighted by Gasteiger charge is -2.22. The first-order valence-electron chi connectivity index (χ1n) is 13.1. The van der Waals surface area contributed by atoms with Gasteiger partial charge in [-0.25, -0.2) is 8.42 Å². The quantitative estimate of drug-likeness (QED) is 0.330. The Morgan fingerprint density at radius 2 is 1.62 bits per heavy atom. The van der Waals surface area contributed by atoms with Crippen LogP contribution in [0.5, 0.6) is 5.75 Å². The maximum Gasteiger partial charge on any atom is 0.261 e. The van der Waals surface area contributed by atoms with E-state index in [-0.39, 0.29) is 12.2 Å². The number of pyridine rings is 1. The molecule has 0 radical (unpaired) electrons. The summed E-state index contributed by atoms with van der Waals surface area (Å²) in [5.74, 6) is 0.600. The van der Waals surface area contributed by atoms with Crippen molar-refractivity contribution in [3.63, 3.8) is 0 Å². The topological polar surface area (TPSA) is 91.8 Å². The number of para-hydroxylation sites is 3. The Morgan fingerprint density at radius 1 is 0.897 bits per heavy atom. The summed E-state index contributed by atoms with van der Waals surface area (Å²) in [7, 11) is -2.23. The second-order valence-electron chi connectivity index (χ2n) is 9.57. The smallest absolute Gasteiger partial charge is 0.261 e. The molecule has 2 heterocycles. The molecule has 1 saturated heterocycles. The number of methoxy groups -OCH3 is 1. The Balaban J connectivity index is 0.000000680. The van der Waals surface area contributed by atoms with Crippen LogP contribution in [-0.4, -0.2) is 51.1 Å². The number of anilines is 2. The maximum atomic E-state index is 13.1. The van der Waals surface area contributed by atoms with Crippen LogP contribution >= 0.6 is 0 Å². The van der Waals surface area contributed by atoms with Crippen LogP contribution in [0.3, 0.4) is 0 Å². The van der Waals surface area contributed by atoms with Gasteiger partial charge in [0, 0.05) is 31.7 Å². The fraction of sp³-hybridized carbons (Fsp3) is 0.267. The fourth-order valence-corrected chi connectivity index (χ4v) is 5.51. The highest BCUT2D eigenvalue weighted by molar-refractivity contribution is 7.92. The van der Waals surface area contributed by atoms with Crippen molar-refractivity contribution in [2.24, 2.45) is 0 Å². The molecule has 2 fully saturated rings. The van der Waals surface area contributed by atoms with Crippen LogP contribution in [0.1, 0.15) is 37.5 Å². The summed E-state index contributed by atoms with van der Waals surface area (Å²) in [4.78, 5) is 21.2. The number of fused-ring (bicyclic) bond motifs is 1. The molecule has 3 aromatic carbocycles. The number of carbonyl (C=O) groups is 1. The highest BCUT2D eigenvalue weighted by Gasteiger charge is 2.27. The van der Waals surface area contributed by atoms with Crippen molar-refractivity contribution >= 4 is 38.2 Å². The van der Waals surface area contributed by atoms with Crippen molar-refractivity contribution in [3.8, 4) is 5.75 Å². The molecule has 204 valence electrons. The Hall–Kier alpha value is -4.11. The predicted octanol–water partition coefficient (Wildman–Crippen LogP) is 5.77. The van der Waals surface area contributed by atoms with E-state index in [0.717, 1.165) is 16.8 Å². The van der Waals surface area contributed by atoms with E-state index in [1.807, 2.05) is 36.4 Å². The maximum absolute atomic E-state index is 13.1. The van der Waals surface area contributed by atoms with Crippen LogP contribution in [0.2, 0.25) is 0 Å². The van der Waals surface area contributed by atoms with Crippen molar-refractivity contribution in [1.82, 2.24) is 9.88 Å². The van der Waals surface area contributed by atoms with Gasteiger partial charge < -0.3 is 14.5 Å². The van der Waals surface area contributed by atoms with Gasteiger partial charge in [0.1, 0.15) is 5.75 Å². The molecule has 0 bridgehead atoms. The Labute approximate surface area is 230 Å². The number of nitrogens with zero attached hydrogens (tertiary/aromatic N) is 3. The second kappa shape index (κ2) is 11.7. The van der Waals surface area contributed by atoms with Gasteiger partial charge in [0.25, 0.3) is 15.9 Å². The molecule has 1 aromatic heterocycles. The third-order valence-electron chi connectivity index (χ3n) is 6.98. The highest BCUT2D eigenvalue weighted by atomic mass is 32.2. The summed E-state index contributed by atoms with van der Waals surface area (Å²) in [6.07, 6.45) is 7.62. The minimum atomic E-state index is -3.86. The number of benzene rings is 3. The van der Waals surface area contributed by atoms with E-state index in [4.69, 9.17) is 4.74 Å². The van der Waals surface area contributed by atoms with Crippen LogP contribution in [0.15, 0.2) is 90.0 Å². The lowest BCUT2D eigenvalue weighted by molar-refractivity contribution is 0.0794. The van der Waals surface area contributed by atoms with E-state index >= 15 is 0 Å². The van der Waals surface area contributed by atoms with Crippen molar-refractivity contribution in [2.45, 2.75) is 30.6 Å². The average Bonchev–Trinajstić information content (AvgIpc) is 3.42. The van der Waals surface area contributed by atoms with Gasteiger partial charge in [-0.15, -0.1) is 0 Å². The molecule has 8 nitrogen and oxygen atoms in total. The minimum absolute atomic E-state index is 0.